The Kier molecular flexibility index (Phi) is 4.18. The summed E-state index contributed by atoms with van der Waals surface area (Å²) in [7, 11) is 2.02. The lowest BCUT2D eigenvalue weighted by atomic mass is 10.2. The summed E-state index contributed by atoms with van der Waals surface area (Å²) in [6.07, 6.45) is 4.22. The third-order valence-electron chi connectivity index (χ3n) is 3.76. The fourth-order valence-electron chi connectivity index (χ4n) is 2.53. The van der Waals surface area contributed by atoms with E-state index in [-0.39, 0.29) is 0 Å². The Balaban J connectivity index is 1.90. The highest BCUT2D eigenvalue weighted by Gasteiger charge is 2.20. The highest BCUT2D eigenvalue weighted by atomic mass is 15.3. The molecule has 1 saturated heterocycles. The topological polar surface area (TPSA) is 33.1 Å². The van der Waals surface area contributed by atoms with Gasteiger partial charge in [-0.3, -0.25) is 9.58 Å². The zero-order valence-corrected chi connectivity index (χ0v) is 11.2. The summed E-state index contributed by atoms with van der Waals surface area (Å²) in [5, 5.41) is 7.77. The van der Waals surface area contributed by atoms with Crippen molar-refractivity contribution in [1.29, 1.82) is 0 Å². The van der Waals surface area contributed by atoms with Crippen LogP contribution in [0.3, 0.4) is 0 Å². The first-order valence-electron chi connectivity index (χ1n) is 6.61. The Morgan fingerprint density at radius 2 is 2.29 bits per heavy atom. The number of rotatable bonds is 3. The maximum Gasteiger partial charge on any atom is 0.0492 e. The molecule has 4 nitrogen and oxygen atoms in total. The van der Waals surface area contributed by atoms with Gasteiger partial charge in [-0.25, -0.2) is 0 Å². The van der Waals surface area contributed by atoms with Gasteiger partial charge in [-0.15, -0.1) is 0 Å². The van der Waals surface area contributed by atoms with Crippen molar-refractivity contribution in [2.24, 2.45) is 7.05 Å². The average Bonchev–Trinajstić information content (AvgIpc) is 2.62. The maximum absolute atomic E-state index is 4.22. The molecular weight excluding hydrogens is 212 g/mol. The fraction of sp³-hybridized carbons (Fsp3) is 0.769. The maximum atomic E-state index is 4.22. The average molecular weight is 236 g/mol. The third kappa shape index (κ3) is 3.30. The zero-order chi connectivity index (χ0) is 12.3. The molecule has 0 saturated carbocycles. The second-order valence-electron chi connectivity index (χ2n) is 5.18. The van der Waals surface area contributed by atoms with E-state index >= 15 is 0 Å². The lowest BCUT2D eigenvalue weighted by molar-refractivity contribution is 0.209. The first kappa shape index (κ1) is 12.6. The first-order valence-corrected chi connectivity index (χ1v) is 6.61. The van der Waals surface area contributed by atoms with Gasteiger partial charge < -0.3 is 5.32 Å². The van der Waals surface area contributed by atoms with Gasteiger partial charge in [-0.05, 0) is 32.9 Å². The van der Waals surface area contributed by atoms with Crippen molar-refractivity contribution in [3.05, 3.63) is 18.0 Å². The van der Waals surface area contributed by atoms with Crippen LogP contribution in [0.1, 0.15) is 26.0 Å². The van der Waals surface area contributed by atoms with Crippen LogP contribution in [0.2, 0.25) is 0 Å². The van der Waals surface area contributed by atoms with E-state index in [1.807, 2.05) is 17.9 Å². The molecule has 0 aliphatic carbocycles. The molecule has 0 bridgehead atoms. The standard InChI is InChI=1S/C13H24N4/c1-11-10-17(12(2)4-7-14-11)9-6-13-5-8-15-16(13)3/h5,8,11-12,14H,4,6-7,9-10H2,1-3H3. The molecule has 0 radical (unpaired) electrons. The van der Waals surface area contributed by atoms with Gasteiger partial charge in [0, 0.05) is 50.5 Å². The SMILES string of the molecule is CC1CN(CCc2ccnn2C)C(C)CCN1. The molecule has 2 heterocycles. The lowest BCUT2D eigenvalue weighted by Crippen LogP contribution is -2.39. The highest BCUT2D eigenvalue weighted by Crippen LogP contribution is 2.10. The number of nitrogens with zero attached hydrogens (tertiary/aromatic N) is 3. The summed E-state index contributed by atoms with van der Waals surface area (Å²) in [5.41, 5.74) is 1.32. The van der Waals surface area contributed by atoms with Crippen molar-refractivity contribution in [2.45, 2.75) is 38.8 Å². The minimum atomic E-state index is 0.603. The van der Waals surface area contributed by atoms with Crippen molar-refractivity contribution in [2.75, 3.05) is 19.6 Å². The number of nitrogens with one attached hydrogen (secondary N) is 1. The molecule has 2 atom stereocenters. The number of hydrogen-bond donors (Lipinski definition) is 1. The van der Waals surface area contributed by atoms with E-state index < -0.39 is 0 Å². The second-order valence-corrected chi connectivity index (χ2v) is 5.18. The van der Waals surface area contributed by atoms with Gasteiger partial charge in [0.2, 0.25) is 0 Å². The third-order valence-corrected chi connectivity index (χ3v) is 3.76. The quantitative estimate of drug-likeness (QED) is 0.851. The van der Waals surface area contributed by atoms with Crippen molar-refractivity contribution >= 4 is 0 Å². The Morgan fingerprint density at radius 3 is 3.00 bits per heavy atom. The molecule has 0 spiro atoms. The van der Waals surface area contributed by atoms with Crippen molar-refractivity contribution < 1.29 is 0 Å². The minimum absolute atomic E-state index is 0.603. The van der Waals surface area contributed by atoms with Gasteiger partial charge in [-0.2, -0.15) is 5.10 Å². The fourth-order valence-corrected chi connectivity index (χ4v) is 2.53. The molecule has 1 N–H and O–H groups in total. The Hall–Kier alpha value is -0.870. The molecule has 2 unspecified atom stereocenters. The molecule has 4 heteroatoms. The zero-order valence-electron chi connectivity index (χ0n) is 11.2. The smallest absolute Gasteiger partial charge is 0.0492 e. The summed E-state index contributed by atoms with van der Waals surface area (Å²) >= 11 is 0. The van der Waals surface area contributed by atoms with Crippen molar-refractivity contribution in [3.63, 3.8) is 0 Å². The van der Waals surface area contributed by atoms with Crippen LogP contribution < -0.4 is 5.32 Å². The van der Waals surface area contributed by atoms with E-state index in [0.717, 1.165) is 26.1 Å². The Morgan fingerprint density at radius 1 is 1.47 bits per heavy atom. The van der Waals surface area contributed by atoms with Gasteiger partial charge >= 0.3 is 0 Å². The molecule has 0 aromatic carbocycles. The number of aromatic nitrogens is 2. The molecule has 1 aliphatic rings. The van der Waals surface area contributed by atoms with Crippen LogP contribution in [0, 0.1) is 0 Å². The Bertz CT molecular complexity index is 347. The van der Waals surface area contributed by atoms with E-state index in [4.69, 9.17) is 0 Å². The minimum Gasteiger partial charge on any atom is -0.313 e. The van der Waals surface area contributed by atoms with Gasteiger partial charge in [0.25, 0.3) is 0 Å². The summed E-state index contributed by atoms with van der Waals surface area (Å²) < 4.78 is 1.98. The molecule has 1 fully saturated rings. The van der Waals surface area contributed by atoms with Crippen LogP contribution >= 0.6 is 0 Å². The van der Waals surface area contributed by atoms with Gasteiger partial charge in [0.15, 0.2) is 0 Å². The van der Waals surface area contributed by atoms with Crippen LogP contribution in [0.25, 0.3) is 0 Å². The predicted molar refractivity (Wildman–Crippen MR) is 70.0 cm³/mol. The van der Waals surface area contributed by atoms with Gasteiger partial charge in [-0.1, -0.05) is 0 Å². The van der Waals surface area contributed by atoms with E-state index in [0.29, 0.717) is 12.1 Å². The van der Waals surface area contributed by atoms with E-state index in [2.05, 4.69) is 35.2 Å². The van der Waals surface area contributed by atoms with E-state index in [1.165, 1.54) is 12.1 Å². The predicted octanol–water partition coefficient (Wildman–Crippen LogP) is 1.03. The molecule has 96 valence electrons. The van der Waals surface area contributed by atoms with Gasteiger partial charge in [0.1, 0.15) is 0 Å². The summed E-state index contributed by atoms with van der Waals surface area (Å²) in [6.45, 7) is 8.04. The van der Waals surface area contributed by atoms with Crippen LogP contribution in [0.4, 0.5) is 0 Å². The molecule has 1 aliphatic heterocycles. The van der Waals surface area contributed by atoms with Crippen LogP contribution in [-0.4, -0.2) is 46.4 Å². The Labute approximate surface area is 104 Å². The summed E-state index contributed by atoms with van der Waals surface area (Å²) in [4.78, 5) is 2.59. The number of hydrogen-bond acceptors (Lipinski definition) is 3. The van der Waals surface area contributed by atoms with Crippen LogP contribution in [-0.2, 0) is 13.5 Å². The first-order chi connectivity index (χ1) is 8.16. The van der Waals surface area contributed by atoms with Gasteiger partial charge in [0.05, 0.1) is 0 Å². The number of aryl methyl sites for hydroxylation is 1. The van der Waals surface area contributed by atoms with Crippen molar-refractivity contribution in [1.82, 2.24) is 20.0 Å². The van der Waals surface area contributed by atoms with Crippen LogP contribution in [0.5, 0.6) is 0 Å². The molecule has 2 rings (SSSR count). The molecule has 1 aromatic rings. The highest BCUT2D eigenvalue weighted by molar-refractivity contribution is 5.00. The summed E-state index contributed by atoms with van der Waals surface area (Å²) in [5.74, 6) is 0. The van der Waals surface area contributed by atoms with Crippen LogP contribution in [0.15, 0.2) is 12.3 Å². The normalized spacial score (nSPS) is 27.0. The summed E-state index contributed by atoms with van der Waals surface area (Å²) in [6, 6.07) is 3.40. The second kappa shape index (κ2) is 5.65. The largest absolute Gasteiger partial charge is 0.313 e. The van der Waals surface area contributed by atoms with E-state index in [1.54, 1.807) is 0 Å². The lowest BCUT2D eigenvalue weighted by Gasteiger charge is -2.28. The molecule has 0 amide bonds. The molecular formula is C13H24N4. The molecule has 17 heavy (non-hydrogen) atoms. The molecule has 1 aromatic heterocycles. The van der Waals surface area contributed by atoms with Crippen molar-refractivity contribution in [3.8, 4) is 0 Å². The van der Waals surface area contributed by atoms with E-state index in [9.17, 15) is 0 Å². The monoisotopic (exact) mass is 236 g/mol.